The van der Waals surface area contributed by atoms with Crippen LogP contribution < -0.4 is 0 Å². The molecule has 1 aliphatic carbocycles. The van der Waals surface area contributed by atoms with Gasteiger partial charge in [-0.1, -0.05) is 19.8 Å². The van der Waals surface area contributed by atoms with E-state index in [9.17, 15) is 24.9 Å². The van der Waals surface area contributed by atoms with Gasteiger partial charge in [-0.2, -0.15) is 0 Å². The standard InChI is InChI=1S/C20H36O5/c1-2-3-7-16(23)9-11-18-17(19(24)13-20(18)25)10-8-15(14-22)6-4-5-12-21/h12,15-19,22-24H,2-11,13-14H2,1H3/t15?,16-,17?,18?,19-/m0/s1. The lowest BCUT2D eigenvalue weighted by molar-refractivity contribution is -0.121. The second kappa shape index (κ2) is 12.6. The van der Waals surface area contributed by atoms with Gasteiger partial charge in [0.05, 0.1) is 12.2 Å². The third-order valence-electron chi connectivity index (χ3n) is 5.64. The second-order valence-electron chi connectivity index (χ2n) is 7.61. The fourth-order valence-corrected chi connectivity index (χ4v) is 3.99. The zero-order chi connectivity index (χ0) is 18.7. The number of carbonyl (C=O) groups excluding carboxylic acids is 2. The number of aldehydes is 1. The summed E-state index contributed by atoms with van der Waals surface area (Å²) in [5, 5.41) is 29.8. The molecule has 0 radical (unpaired) electrons. The summed E-state index contributed by atoms with van der Waals surface area (Å²) < 4.78 is 0. The van der Waals surface area contributed by atoms with E-state index in [4.69, 9.17) is 0 Å². The summed E-state index contributed by atoms with van der Waals surface area (Å²) in [5.74, 6) is 0.00642. The molecule has 0 aromatic carbocycles. The molecule has 1 rings (SSSR count). The molecule has 3 N–H and O–H groups in total. The smallest absolute Gasteiger partial charge is 0.138 e. The molecule has 0 amide bonds. The van der Waals surface area contributed by atoms with Gasteiger partial charge in [-0.15, -0.1) is 0 Å². The molecule has 0 heterocycles. The maximum absolute atomic E-state index is 12.2. The number of ketones is 1. The molecule has 146 valence electrons. The fraction of sp³-hybridized carbons (Fsp3) is 0.900. The van der Waals surface area contributed by atoms with Gasteiger partial charge in [-0.25, -0.2) is 0 Å². The van der Waals surface area contributed by atoms with Crippen LogP contribution >= 0.6 is 0 Å². The Hall–Kier alpha value is -0.780. The molecule has 0 spiro atoms. The van der Waals surface area contributed by atoms with Crippen LogP contribution in [0.1, 0.15) is 77.6 Å². The number of aliphatic hydroxyl groups is 3. The highest BCUT2D eigenvalue weighted by molar-refractivity contribution is 5.84. The third-order valence-corrected chi connectivity index (χ3v) is 5.64. The van der Waals surface area contributed by atoms with Crippen LogP contribution in [-0.4, -0.2) is 46.2 Å². The molecule has 25 heavy (non-hydrogen) atoms. The third kappa shape index (κ3) is 7.97. The van der Waals surface area contributed by atoms with Gasteiger partial charge in [0.15, 0.2) is 0 Å². The summed E-state index contributed by atoms with van der Waals surface area (Å²) >= 11 is 0. The Balaban J connectivity index is 2.47. The summed E-state index contributed by atoms with van der Waals surface area (Å²) in [5.41, 5.74) is 0. The predicted octanol–water partition coefficient (Wildman–Crippen LogP) is 2.64. The van der Waals surface area contributed by atoms with E-state index in [-0.39, 0.29) is 42.7 Å². The molecule has 5 heteroatoms. The number of unbranched alkanes of at least 4 members (excludes halogenated alkanes) is 2. The van der Waals surface area contributed by atoms with Crippen molar-refractivity contribution < 1.29 is 24.9 Å². The number of hydrogen-bond acceptors (Lipinski definition) is 5. The Morgan fingerprint density at radius 3 is 2.56 bits per heavy atom. The highest BCUT2D eigenvalue weighted by Gasteiger charge is 2.41. The first-order valence-corrected chi connectivity index (χ1v) is 9.96. The topological polar surface area (TPSA) is 94.8 Å². The van der Waals surface area contributed by atoms with Gasteiger partial charge >= 0.3 is 0 Å². The summed E-state index contributed by atoms with van der Waals surface area (Å²) in [7, 11) is 0. The molecule has 0 aromatic rings. The van der Waals surface area contributed by atoms with E-state index in [1.54, 1.807) is 0 Å². The summed E-state index contributed by atoms with van der Waals surface area (Å²) in [6, 6.07) is 0. The molecule has 5 nitrogen and oxygen atoms in total. The van der Waals surface area contributed by atoms with Crippen LogP contribution in [0.25, 0.3) is 0 Å². The Morgan fingerprint density at radius 2 is 1.92 bits per heavy atom. The Bertz CT molecular complexity index is 384. The second-order valence-corrected chi connectivity index (χ2v) is 7.61. The van der Waals surface area contributed by atoms with E-state index in [2.05, 4.69) is 6.92 Å². The molecule has 3 unspecified atom stereocenters. The van der Waals surface area contributed by atoms with Crippen LogP contribution in [0.3, 0.4) is 0 Å². The minimum absolute atomic E-state index is 0.0639. The van der Waals surface area contributed by atoms with Crippen LogP contribution in [0.15, 0.2) is 0 Å². The SMILES string of the molecule is CCCC[C@H](O)CCC1C(=O)C[C@H](O)C1CCC(CO)CCCC=O. The van der Waals surface area contributed by atoms with Crippen molar-refractivity contribution in [3.05, 3.63) is 0 Å². The van der Waals surface area contributed by atoms with E-state index in [0.29, 0.717) is 19.3 Å². The molecule has 0 aliphatic heterocycles. The van der Waals surface area contributed by atoms with Gasteiger partial charge in [-0.05, 0) is 56.8 Å². The van der Waals surface area contributed by atoms with E-state index in [1.165, 1.54) is 0 Å². The van der Waals surface area contributed by atoms with Gasteiger partial charge in [-0.3, -0.25) is 4.79 Å². The first-order chi connectivity index (χ1) is 12.0. The van der Waals surface area contributed by atoms with Crippen molar-refractivity contribution >= 4 is 12.1 Å². The monoisotopic (exact) mass is 356 g/mol. The van der Waals surface area contributed by atoms with Crippen molar-refractivity contribution in [2.75, 3.05) is 6.61 Å². The van der Waals surface area contributed by atoms with Gasteiger partial charge in [0.1, 0.15) is 12.1 Å². The average Bonchev–Trinajstić information content (AvgIpc) is 2.87. The van der Waals surface area contributed by atoms with Crippen LogP contribution in [-0.2, 0) is 9.59 Å². The van der Waals surface area contributed by atoms with E-state index < -0.39 is 6.10 Å². The van der Waals surface area contributed by atoms with E-state index in [1.807, 2.05) is 0 Å². The lowest BCUT2D eigenvalue weighted by atomic mass is 9.83. The molecule has 0 saturated heterocycles. The largest absolute Gasteiger partial charge is 0.396 e. The summed E-state index contributed by atoms with van der Waals surface area (Å²) in [4.78, 5) is 22.6. The van der Waals surface area contributed by atoms with Crippen LogP contribution in [0, 0.1) is 17.8 Å². The molecule has 0 bridgehead atoms. The van der Waals surface area contributed by atoms with Gasteiger partial charge < -0.3 is 20.1 Å². The van der Waals surface area contributed by atoms with Gasteiger partial charge in [0.25, 0.3) is 0 Å². The summed E-state index contributed by atoms with van der Waals surface area (Å²) in [6.45, 7) is 2.17. The van der Waals surface area contributed by atoms with Crippen molar-refractivity contribution in [2.45, 2.75) is 89.8 Å². The Morgan fingerprint density at radius 1 is 1.16 bits per heavy atom. The lowest BCUT2D eigenvalue weighted by Gasteiger charge is -2.24. The minimum Gasteiger partial charge on any atom is -0.396 e. The molecule has 1 saturated carbocycles. The fourth-order valence-electron chi connectivity index (χ4n) is 3.99. The zero-order valence-corrected chi connectivity index (χ0v) is 15.6. The van der Waals surface area contributed by atoms with Crippen LogP contribution in [0.2, 0.25) is 0 Å². The predicted molar refractivity (Wildman–Crippen MR) is 97.1 cm³/mol. The van der Waals surface area contributed by atoms with Crippen molar-refractivity contribution in [1.82, 2.24) is 0 Å². The lowest BCUT2D eigenvalue weighted by Crippen LogP contribution is -2.23. The average molecular weight is 357 g/mol. The Labute approximate surface area is 151 Å². The van der Waals surface area contributed by atoms with Crippen molar-refractivity contribution in [2.24, 2.45) is 17.8 Å². The minimum atomic E-state index is -0.598. The molecule has 1 fully saturated rings. The quantitative estimate of drug-likeness (QED) is 0.328. The number of rotatable bonds is 14. The first-order valence-electron chi connectivity index (χ1n) is 9.96. The molecular formula is C20H36O5. The van der Waals surface area contributed by atoms with Crippen molar-refractivity contribution in [1.29, 1.82) is 0 Å². The van der Waals surface area contributed by atoms with E-state index >= 15 is 0 Å². The number of Topliss-reactive ketones (excluding diaryl/α,β-unsaturated/α-hetero) is 1. The maximum Gasteiger partial charge on any atom is 0.138 e. The first kappa shape index (κ1) is 22.3. The highest BCUT2D eigenvalue weighted by Crippen LogP contribution is 2.37. The van der Waals surface area contributed by atoms with Crippen LogP contribution in [0.5, 0.6) is 0 Å². The summed E-state index contributed by atoms with van der Waals surface area (Å²) in [6.07, 6.45) is 7.78. The van der Waals surface area contributed by atoms with Crippen LogP contribution in [0.4, 0.5) is 0 Å². The molecule has 5 atom stereocenters. The van der Waals surface area contributed by atoms with Crippen molar-refractivity contribution in [3.8, 4) is 0 Å². The van der Waals surface area contributed by atoms with Gasteiger partial charge in [0, 0.05) is 25.4 Å². The number of aliphatic hydroxyl groups excluding tert-OH is 3. The zero-order valence-electron chi connectivity index (χ0n) is 15.6. The van der Waals surface area contributed by atoms with E-state index in [0.717, 1.165) is 51.2 Å². The maximum atomic E-state index is 12.2. The highest BCUT2D eigenvalue weighted by atomic mass is 16.3. The number of carbonyl (C=O) groups is 2. The Kier molecular flexibility index (Phi) is 11.2. The molecule has 1 aliphatic rings. The molecule has 0 aromatic heterocycles. The normalized spacial score (nSPS) is 25.9. The van der Waals surface area contributed by atoms with Crippen molar-refractivity contribution in [3.63, 3.8) is 0 Å². The van der Waals surface area contributed by atoms with Gasteiger partial charge in [0.2, 0.25) is 0 Å². The number of hydrogen-bond donors (Lipinski definition) is 3. The molecular weight excluding hydrogens is 320 g/mol.